The molecule has 0 aromatic rings. The van der Waals surface area contributed by atoms with Crippen LogP contribution < -0.4 is 5.32 Å². The number of ether oxygens (including phenoxy) is 2. The number of hydrogen-bond acceptors (Lipinski definition) is 8. The van der Waals surface area contributed by atoms with Gasteiger partial charge in [0.1, 0.15) is 24.4 Å². The molecule has 1 heterocycles. The highest BCUT2D eigenvalue weighted by atomic mass is 16.7. The summed E-state index contributed by atoms with van der Waals surface area (Å²) >= 11 is 0. The quantitative estimate of drug-likeness (QED) is 0.0261. The maximum atomic E-state index is 13.2. The summed E-state index contributed by atoms with van der Waals surface area (Å²) in [4.78, 5) is 13.2. The number of hydrogen-bond donors (Lipinski definition) is 6. The molecule has 0 bridgehead atoms. The van der Waals surface area contributed by atoms with Crippen LogP contribution in [0.5, 0.6) is 0 Å². The molecule has 7 atom stereocenters. The molecule has 1 rings (SSSR count). The van der Waals surface area contributed by atoms with Crippen LogP contribution in [0.4, 0.5) is 0 Å². The molecule has 0 spiro atoms. The van der Waals surface area contributed by atoms with E-state index >= 15 is 0 Å². The van der Waals surface area contributed by atoms with E-state index in [0.717, 1.165) is 44.9 Å². The van der Waals surface area contributed by atoms with Gasteiger partial charge >= 0.3 is 0 Å². The highest BCUT2D eigenvalue weighted by Crippen LogP contribution is 2.24. The fraction of sp³-hybridized carbons (Fsp3) is 0.932. The van der Waals surface area contributed by atoms with Gasteiger partial charge in [-0.2, -0.15) is 0 Å². The fourth-order valence-corrected chi connectivity index (χ4v) is 12.3. The zero-order chi connectivity index (χ0) is 60.0. The van der Waals surface area contributed by atoms with E-state index in [1.807, 2.05) is 0 Å². The second-order valence-electron chi connectivity index (χ2n) is 26.1. The van der Waals surface area contributed by atoms with E-state index in [4.69, 9.17) is 9.47 Å². The molecule has 1 fully saturated rings. The number of nitrogens with one attached hydrogen (secondary N) is 1. The normalized spacial score (nSPS) is 18.3. The van der Waals surface area contributed by atoms with E-state index < -0.39 is 49.5 Å². The summed E-state index contributed by atoms with van der Waals surface area (Å²) in [6.07, 6.45) is 76.9. The second kappa shape index (κ2) is 63.7. The van der Waals surface area contributed by atoms with Crippen molar-refractivity contribution >= 4 is 5.91 Å². The number of aliphatic hydroxyl groups is 5. The highest BCUT2D eigenvalue weighted by Gasteiger charge is 2.44. The summed E-state index contributed by atoms with van der Waals surface area (Å²) in [6.45, 7) is 3.89. The molecule has 6 N–H and O–H groups in total. The molecular weight excluding hydrogens is 1030 g/mol. The molecule has 0 aromatic heterocycles. The lowest BCUT2D eigenvalue weighted by Gasteiger charge is -2.40. The van der Waals surface area contributed by atoms with Crippen LogP contribution in [-0.2, 0) is 14.3 Å². The molecule has 0 aliphatic carbocycles. The van der Waals surface area contributed by atoms with Crippen molar-refractivity contribution in [3.05, 3.63) is 24.3 Å². The van der Waals surface area contributed by atoms with Gasteiger partial charge < -0.3 is 40.3 Å². The Morgan fingerprint density at radius 3 is 1.04 bits per heavy atom. The first kappa shape index (κ1) is 79.7. The number of unbranched alkanes of at least 4 members (excludes halogenated alkanes) is 52. The van der Waals surface area contributed by atoms with Crippen molar-refractivity contribution in [3.8, 4) is 0 Å². The maximum Gasteiger partial charge on any atom is 0.220 e. The van der Waals surface area contributed by atoms with Crippen LogP contribution in [0.15, 0.2) is 24.3 Å². The third-order valence-electron chi connectivity index (χ3n) is 18.1. The fourth-order valence-electron chi connectivity index (χ4n) is 12.3. The van der Waals surface area contributed by atoms with Crippen molar-refractivity contribution in [2.75, 3.05) is 13.2 Å². The minimum Gasteiger partial charge on any atom is -0.394 e. The van der Waals surface area contributed by atoms with Crippen LogP contribution in [0.3, 0.4) is 0 Å². The molecule has 492 valence electrons. The van der Waals surface area contributed by atoms with Crippen molar-refractivity contribution in [3.63, 3.8) is 0 Å². The molecule has 0 saturated carbocycles. The molecule has 83 heavy (non-hydrogen) atoms. The minimum absolute atomic E-state index is 0.133. The Morgan fingerprint density at radius 1 is 0.410 bits per heavy atom. The monoisotopic (exact) mass is 1170 g/mol. The van der Waals surface area contributed by atoms with Gasteiger partial charge in [-0.1, -0.05) is 359 Å². The van der Waals surface area contributed by atoms with Crippen molar-refractivity contribution < 1.29 is 39.8 Å². The zero-order valence-corrected chi connectivity index (χ0v) is 55.2. The molecular formula is C74H143NO8. The molecule has 1 saturated heterocycles. The summed E-state index contributed by atoms with van der Waals surface area (Å²) in [5.74, 6) is -0.136. The van der Waals surface area contributed by atoms with Gasteiger partial charge in [0.25, 0.3) is 0 Å². The van der Waals surface area contributed by atoms with Gasteiger partial charge in [0.2, 0.25) is 5.91 Å². The summed E-state index contributed by atoms with van der Waals surface area (Å²) in [5.41, 5.74) is 0. The number of rotatable bonds is 66. The largest absolute Gasteiger partial charge is 0.394 e. The summed E-state index contributed by atoms with van der Waals surface area (Å²) in [6, 6.07) is -0.719. The maximum absolute atomic E-state index is 13.2. The van der Waals surface area contributed by atoms with Crippen LogP contribution in [0.2, 0.25) is 0 Å². The van der Waals surface area contributed by atoms with Crippen LogP contribution in [0.1, 0.15) is 386 Å². The molecule has 0 aromatic carbocycles. The summed E-state index contributed by atoms with van der Waals surface area (Å²) < 4.78 is 11.4. The van der Waals surface area contributed by atoms with Crippen LogP contribution in [0.25, 0.3) is 0 Å². The number of carbonyl (C=O) groups is 1. The number of amides is 1. The Hall–Kier alpha value is -1.33. The number of carbonyl (C=O) groups excluding carboxylic acids is 1. The van der Waals surface area contributed by atoms with Gasteiger partial charge in [-0.3, -0.25) is 4.79 Å². The highest BCUT2D eigenvalue weighted by molar-refractivity contribution is 5.76. The molecule has 9 heteroatoms. The summed E-state index contributed by atoms with van der Waals surface area (Å²) in [7, 11) is 0. The van der Waals surface area contributed by atoms with Gasteiger partial charge in [-0.05, 0) is 44.9 Å². The zero-order valence-electron chi connectivity index (χ0n) is 55.2. The lowest BCUT2D eigenvalue weighted by atomic mass is 9.99. The van der Waals surface area contributed by atoms with Crippen molar-refractivity contribution in [2.24, 2.45) is 0 Å². The lowest BCUT2D eigenvalue weighted by Crippen LogP contribution is -2.60. The van der Waals surface area contributed by atoms with Crippen molar-refractivity contribution in [1.82, 2.24) is 5.32 Å². The number of allylic oxidation sites excluding steroid dienone is 4. The minimum atomic E-state index is -1.55. The van der Waals surface area contributed by atoms with Gasteiger partial charge in [0.15, 0.2) is 6.29 Å². The Morgan fingerprint density at radius 2 is 0.711 bits per heavy atom. The van der Waals surface area contributed by atoms with Crippen molar-refractivity contribution in [1.29, 1.82) is 0 Å². The van der Waals surface area contributed by atoms with Gasteiger partial charge in [-0.15, -0.1) is 0 Å². The van der Waals surface area contributed by atoms with Gasteiger partial charge in [0, 0.05) is 6.42 Å². The average Bonchev–Trinajstić information content (AvgIpc) is 3.60. The van der Waals surface area contributed by atoms with E-state index in [0.29, 0.717) is 12.8 Å². The average molecular weight is 1170 g/mol. The molecule has 1 aliphatic rings. The van der Waals surface area contributed by atoms with E-state index in [-0.39, 0.29) is 12.5 Å². The number of aliphatic hydroxyl groups excluding tert-OH is 5. The van der Waals surface area contributed by atoms with E-state index in [2.05, 4.69) is 43.5 Å². The van der Waals surface area contributed by atoms with E-state index in [1.54, 1.807) is 0 Å². The predicted molar refractivity (Wildman–Crippen MR) is 355 cm³/mol. The van der Waals surface area contributed by atoms with Gasteiger partial charge in [-0.25, -0.2) is 0 Å². The Kier molecular flexibility index (Phi) is 61.1. The lowest BCUT2D eigenvalue weighted by molar-refractivity contribution is -0.302. The van der Waals surface area contributed by atoms with Crippen LogP contribution in [-0.4, -0.2) is 87.5 Å². The first-order valence-corrected chi connectivity index (χ1v) is 37.0. The Bertz CT molecular complexity index is 1360. The predicted octanol–water partition coefficient (Wildman–Crippen LogP) is 20.4. The summed E-state index contributed by atoms with van der Waals surface area (Å²) in [5, 5.41) is 55.0. The third kappa shape index (κ3) is 52.3. The van der Waals surface area contributed by atoms with E-state index in [1.165, 1.54) is 315 Å². The van der Waals surface area contributed by atoms with E-state index in [9.17, 15) is 30.3 Å². The molecule has 7 unspecified atom stereocenters. The first-order chi connectivity index (χ1) is 40.8. The molecule has 1 amide bonds. The second-order valence-corrected chi connectivity index (χ2v) is 26.1. The Labute approximate surface area is 515 Å². The first-order valence-electron chi connectivity index (χ1n) is 37.0. The van der Waals surface area contributed by atoms with Gasteiger partial charge in [0.05, 0.1) is 25.4 Å². The molecule has 1 aliphatic heterocycles. The third-order valence-corrected chi connectivity index (χ3v) is 18.1. The smallest absolute Gasteiger partial charge is 0.220 e. The molecule has 0 radical (unpaired) electrons. The van der Waals surface area contributed by atoms with Crippen molar-refractivity contribution in [2.45, 2.75) is 429 Å². The van der Waals surface area contributed by atoms with Crippen LogP contribution >= 0.6 is 0 Å². The topological polar surface area (TPSA) is 149 Å². The standard InChI is InChI=1S/C74H143NO8/c1-3-5-7-9-11-13-15-17-19-21-23-25-27-29-31-33-34-36-37-39-41-43-45-47-49-51-53-55-57-59-61-63-68(77)67(66-82-74-73(81)72(80)71(79)69(65-76)83-74)75-70(78)64-62-60-58-56-54-52-50-48-46-44-42-40-38-35-32-30-28-26-24-22-20-18-16-14-12-10-8-6-4-2/h16,18,22,24,67-69,71-74,76-77,79-81H,3-15,17,19-21,23,25-66H2,1-2H3,(H,75,78)/b18-16-,24-22-. The molecule has 9 nitrogen and oxygen atoms in total. The van der Waals surface area contributed by atoms with Crippen LogP contribution in [0, 0.1) is 0 Å². The SMILES string of the molecule is CCCCCCC/C=C\C/C=C\CCCCCCCCCCCCCCCCCCCC(=O)NC(COC1OC(CO)C(O)C(O)C1O)C(O)CCCCCCCCCCCCCCCCCCCCCCCCCCCCCCCCC. The Balaban J connectivity index is 2.08.